The van der Waals surface area contributed by atoms with E-state index in [0.29, 0.717) is 5.01 Å². The van der Waals surface area contributed by atoms with E-state index in [4.69, 9.17) is 0 Å². The molecule has 3 rings (SSSR count). The lowest BCUT2D eigenvalue weighted by Gasteiger charge is -2.05. The zero-order valence-corrected chi connectivity index (χ0v) is 15.2. The van der Waals surface area contributed by atoms with Crippen molar-refractivity contribution in [3.63, 3.8) is 0 Å². The van der Waals surface area contributed by atoms with Gasteiger partial charge in [0.25, 0.3) is 0 Å². The first kappa shape index (κ1) is 16.5. The van der Waals surface area contributed by atoms with Gasteiger partial charge in [-0.05, 0) is 16.3 Å². The molecule has 0 aliphatic heterocycles. The molecule has 3 nitrogen and oxygen atoms in total. The molecule has 0 saturated carbocycles. The molecule has 0 aliphatic rings. The van der Waals surface area contributed by atoms with Gasteiger partial charge in [0.2, 0.25) is 0 Å². The lowest BCUT2D eigenvalue weighted by molar-refractivity contribution is 0.601. The number of thioether (sulfide) groups is 1. The molecule has 0 saturated heterocycles. The number of rotatable bonds is 6. The van der Waals surface area contributed by atoms with Gasteiger partial charge in [0.05, 0.1) is 5.69 Å². The Labute approximate surface area is 144 Å². The van der Waals surface area contributed by atoms with Crippen LogP contribution >= 0.6 is 23.1 Å². The number of sulfone groups is 1. The Hall–Kier alpha value is -1.37. The lowest BCUT2D eigenvalue weighted by Crippen LogP contribution is -2.00. The average Bonchev–Trinajstić information content (AvgIpc) is 2.93. The highest BCUT2D eigenvalue weighted by Gasteiger charge is 2.09. The van der Waals surface area contributed by atoms with E-state index in [1.54, 1.807) is 11.8 Å². The summed E-state index contributed by atoms with van der Waals surface area (Å²) < 4.78 is 22.6. The second-order valence-corrected chi connectivity index (χ2v) is 9.50. The molecule has 23 heavy (non-hydrogen) atoms. The van der Waals surface area contributed by atoms with Crippen molar-refractivity contribution in [1.82, 2.24) is 4.98 Å². The molecule has 0 bridgehead atoms. The Bertz CT molecular complexity index is 911. The molecule has 120 valence electrons. The average molecular weight is 364 g/mol. The number of hydrogen-bond donors (Lipinski definition) is 0. The van der Waals surface area contributed by atoms with E-state index >= 15 is 0 Å². The van der Waals surface area contributed by atoms with Gasteiger partial charge in [-0.15, -0.1) is 11.3 Å². The van der Waals surface area contributed by atoms with Crippen LogP contribution in [0.5, 0.6) is 0 Å². The first-order chi connectivity index (χ1) is 11.0. The normalized spacial score (nSPS) is 11.9. The topological polar surface area (TPSA) is 47.0 Å². The molecular formula is C17H17NO2S3. The van der Waals surface area contributed by atoms with Crippen molar-refractivity contribution in [3.8, 4) is 0 Å². The van der Waals surface area contributed by atoms with Crippen LogP contribution in [0.2, 0.25) is 0 Å². The molecular weight excluding hydrogens is 346 g/mol. The van der Waals surface area contributed by atoms with Crippen molar-refractivity contribution in [1.29, 1.82) is 0 Å². The maximum Gasteiger partial charge on any atom is 0.153 e. The SMILES string of the molecule is CS(=O)(=O)Cc1nc(CSCc2cccc3ccccc23)cs1. The Morgan fingerprint density at radius 2 is 1.87 bits per heavy atom. The van der Waals surface area contributed by atoms with Crippen molar-refractivity contribution >= 4 is 43.7 Å². The molecule has 0 radical (unpaired) electrons. The van der Waals surface area contributed by atoms with Crippen LogP contribution < -0.4 is 0 Å². The van der Waals surface area contributed by atoms with Crippen LogP contribution in [0.4, 0.5) is 0 Å². The maximum absolute atomic E-state index is 11.3. The summed E-state index contributed by atoms with van der Waals surface area (Å²) in [6.07, 6.45) is 1.24. The van der Waals surface area contributed by atoms with E-state index in [1.165, 1.54) is 33.9 Å². The summed E-state index contributed by atoms with van der Waals surface area (Å²) in [7, 11) is -3.01. The minimum absolute atomic E-state index is 0.0334. The molecule has 0 aliphatic carbocycles. The predicted octanol–water partition coefficient (Wildman–Crippen LogP) is 4.27. The minimum Gasteiger partial charge on any atom is -0.244 e. The van der Waals surface area contributed by atoms with Crippen molar-refractivity contribution in [2.45, 2.75) is 17.3 Å². The summed E-state index contributed by atoms with van der Waals surface area (Å²) in [5.74, 6) is 1.75. The molecule has 1 heterocycles. The third-order valence-corrected chi connectivity index (χ3v) is 6.27. The van der Waals surface area contributed by atoms with Gasteiger partial charge in [0.1, 0.15) is 10.8 Å². The fourth-order valence-corrected chi connectivity index (χ4v) is 5.43. The fourth-order valence-electron chi connectivity index (χ4n) is 2.39. The second-order valence-electron chi connectivity index (χ2n) is 5.43. The van der Waals surface area contributed by atoms with Crippen LogP contribution in [0, 0.1) is 0 Å². The Kier molecular flexibility index (Phi) is 5.04. The molecule has 0 atom stereocenters. The van der Waals surface area contributed by atoms with Crippen molar-refractivity contribution in [3.05, 3.63) is 64.1 Å². The Balaban J connectivity index is 1.63. The minimum atomic E-state index is -3.01. The summed E-state index contributed by atoms with van der Waals surface area (Å²) in [6, 6.07) is 14.8. The zero-order valence-electron chi connectivity index (χ0n) is 12.7. The summed E-state index contributed by atoms with van der Waals surface area (Å²) in [5, 5.41) is 5.18. The number of aromatic nitrogens is 1. The van der Waals surface area contributed by atoms with E-state index in [-0.39, 0.29) is 5.75 Å². The van der Waals surface area contributed by atoms with Crippen molar-refractivity contribution in [2.75, 3.05) is 6.26 Å². The Morgan fingerprint density at radius 3 is 2.70 bits per heavy atom. The number of benzene rings is 2. The standard InChI is InChI=1S/C17H17NO2S3/c1-23(19,20)12-17-18-15(11-22-17)10-21-9-14-7-4-6-13-5-2-3-8-16(13)14/h2-8,11H,9-10,12H2,1H3. The summed E-state index contributed by atoms with van der Waals surface area (Å²) in [5.41, 5.74) is 2.28. The Morgan fingerprint density at radius 1 is 1.09 bits per heavy atom. The van der Waals surface area contributed by atoms with E-state index in [1.807, 2.05) is 5.38 Å². The quantitative estimate of drug-likeness (QED) is 0.656. The summed E-state index contributed by atoms with van der Waals surface area (Å²) in [4.78, 5) is 4.41. The lowest BCUT2D eigenvalue weighted by atomic mass is 10.1. The first-order valence-electron chi connectivity index (χ1n) is 7.17. The van der Waals surface area contributed by atoms with Gasteiger partial charge >= 0.3 is 0 Å². The number of thiazole rings is 1. The predicted molar refractivity (Wildman–Crippen MR) is 99.6 cm³/mol. The van der Waals surface area contributed by atoms with E-state index in [0.717, 1.165) is 17.2 Å². The van der Waals surface area contributed by atoms with Crippen LogP contribution in [0.25, 0.3) is 10.8 Å². The fraction of sp³-hybridized carbons (Fsp3) is 0.235. The summed E-state index contributed by atoms with van der Waals surface area (Å²) >= 11 is 3.22. The van der Waals surface area contributed by atoms with E-state index in [2.05, 4.69) is 47.4 Å². The second kappa shape index (κ2) is 7.03. The molecule has 2 aromatic carbocycles. The number of nitrogens with zero attached hydrogens (tertiary/aromatic N) is 1. The monoisotopic (exact) mass is 363 g/mol. The smallest absolute Gasteiger partial charge is 0.153 e. The van der Waals surface area contributed by atoms with Gasteiger partial charge in [-0.3, -0.25) is 0 Å². The van der Waals surface area contributed by atoms with Crippen molar-refractivity contribution in [2.24, 2.45) is 0 Å². The molecule has 3 aromatic rings. The van der Waals surface area contributed by atoms with Crippen molar-refractivity contribution < 1.29 is 8.42 Å². The largest absolute Gasteiger partial charge is 0.244 e. The third kappa shape index (κ3) is 4.56. The van der Waals surface area contributed by atoms with Gasteiger partial charge in [-0.2, -0.15) is 11.8 Å². The van der Waals surface area contributed by atoms with Crippen LogP contribution in [0.1, 0.15) is 16.3 Å². The van der Waals surface area contributed by atoms with Gasteiger partial charge in [-0.25, -0.2) is 13.4 Å². The third-order valence-electron chi connectivity index (χ3n) is 3.37. The van der Waals surface area contributed by atoms with E-state index < -0.39 is 9.84 Å². The highest BCUT2D eigenvalue weighted by molar-refractivity contribution is 7.97. The van der Waals surface area contributed by atoms with Gasteiger partial charge < -0.3 is 0 Å². The van der Waals surface area contributed by atoms with Crippen LogP contribution in [0.15, 0.2) is 47.8 Å². The van der Waals surface area contributed by atoms with E-state index in [9.17, 15) is 8.42 Å². The number of hydrogen-bond acceptors (Lipinski definition) is 5. The number of fused-ring (bicyclic) bond motifs is 1. The van der Waals surface area contributed by atoms with Gasteiger partial charge in [0, 0.05) is 23.1 Å². The molecule has 0 amide bonds. The molecule has 6 heteroatoms. The highest BCUT2D eigenvalue weighted by Crippen LogP contribution is 2.25. The molecule has 0 unspecified atom stereocenters. The van der Waals surface area contributed by atoms with Gasteiger partial charge in [0.15, 0.2) is 9.84 Å². The van der Waals surface area contributed by atoms with Crippen LogP contribution in [-0.4, -0.2) is 19.7 Å². The summed E-state index contributed by atoms with van der Waals surface area (Å²) in [6.45, 7) is 0. The highest BCUT2D eigenvalue weighted by atomic mass is 32.2. The molecule has 1 aromatic heterocycles. The molecule has 0 N–H and O–H groups in total. The van der Waals surface area contributed by atoms with Gasteiger partial charge in [-0.1, -0.05) is 42.5 Å². The molecule has 0 fully saturated rings. The zero-order chi connectivity index (χ0) is 16.3. The molecule has 0 spiro atoms. The van der Waals surface area contributed by atoms with Crippen LogP contribution in [-0.2, 0) is 27.1 Å². The maximum atomic E-state index is 11.3. The van der Waals surface area contributed by atoms with Crippen LogP contribution in [0.3, 0.4) is 0 Å². The first-order valence-corrected chi connectivity index (χ1v) is 11.3.